The fraction of sp³-hybridized carbons (Fsp3) is 0.533. The number of nitrogens with one attached hydrogen (secondary N) is 2. The van der Waals surface area contributed by atoms with Gasteiger partial charge in [0.05, 0.1) is 6.17 Å². The molecular weight excluding hydrogens is 236 g/mol. The zero-order valence-electron chi connectivity index (χ0n) is 12.3. The molecule has 1 fully saturated rings. The fourth-order valence-electron chi connectivity index (χ4n) is 2.75. The van der Waals surface area contributed by atoms with E-state index in [4.69, 9.17) is 0 Å². The van der Waals surface area contributed by atoms with Crippen molar-refractivity contribution in [1.29, 1.82) is 0 Å². The first-order chi connectivity index (χ1) is 8.82. The van der Waals surface area contributed by atoms with Gasteiger partial charge >= 0.3 is 0 Å². The van der Waals surface area contributed by atoms with Crippen LogP contribution >= 0.6 is 0 Å². The van der Waals surface area contributed by atoms with Gasteiger partial charge in [0.25, 0.3) is 0 Å². The molecule has 1 aliphatic heterocycles. The van der Waals surface area contributed by atoms with E-state index in [0.29, 0.717) is 0 Å². The van der Waals surface area contributed by atoms with Gasteiger partial charge in [0.15, 0.2) is 0 Å². The number of hydrogen-bond acceptors (Lipinski definition) is 3. The van der Waals surface area contributed by atoms with Gasteiger partial charge in [0.1, 0.15) is 5.65 Å². The highest BCUT2D eigenvalue weighted by Crippen LogP contribution is 2.35. The molecule has 0 atom stereocenters. The summed E-state index contributed by atoms with van der Waals surface area (Å²) in [7, 11) is 2.05. The maximum Gasteiger partial charge on any atom is 0.139 e. The zero-order valence-corrected chi connectivity index (χ0v) is 12.3. The lowest BCUT2D eigenvalue weighted by atomic mass is 9.85. The smallest absolute Gasteiger partial charge is 0.139 e. The average molecular weight is 258 g/mol. The van der Waals surface area contributed by atoms with Gasteiger partial charge in [-0.25, -0.2) is 4.98 Å². The Morgan fingerprint density at radius 1 is 1.16 bits per heavy atom. The van der Waals surface area contributed by atoms with Crippen LogP contribution in [0.15, 0.2) is 24.5 Å². The number of pyridine rings is 1. The number of fused-ring (bicyclic) bond motifs is 1. The summed E-state index contributed by atoms with van der Waals surface area (Å²) in [6, 6.07) is 4.14. The molecule has 2 N–H and O–H groups in total. The standard InChI is InChI=1S/C15H22N4/c1-14(2)15(3,4)18-12(17-14)11-9-19(5)13-10(11)7-6-8-16-13/h6-9,12,17-18H,1-5H3. The van der Waals surface area contributed by atoms with Gasteiger partial charge in [-0.05, 0) is 39.8 Å². The van der Waals surface area contributed by atoms with E-state index in [2.05, 4.69) is 60.1 Å². The molecule has 0 radical (unpaired) electrons. The molecule has 0 bridgehead atoms. The van der Waals surface area contributed by atoms with Crippen molar-refractivity contribution in [3.8, 4) is 0 Å². The first-order valence-electron chi connectivity index (χ1n) is 6.77. The second-order valence-electron chi connectivity index (χ2n) is 6.54. The molecule has 0 unspecified atom stereocenters. The molecule has 2 aromatic heterocycles. The molecule has 3 rings (SSSR count). The van der Waals surface area contributed by atoms with E-state index in [1.807, 2.05) is 19.3 Å². The van der Waals surface area contributed by atoms with E-state index >= 15 is 0 Å². The Morgan fingerprint density at radius 3 is 2.42 bits per heavy atom. The average Bonchev–Trinajstić information content (AvgIpc) is 2.76. The molecule has 0 aromatic carbocycles. The molecular formula is C15H22N4. The molecule has 19 heavy (non-hydrogen) atoms. The molecule has 1 aliphatic rings. The summed E-state index contributed by atoms with van der Waals surface area (Å²) in [4.78, 5) is 4.45. The first kappa shape index (κ1) is 12.6. The Morgan fingerprint density at radius 2 is 1.79 bits per heavy atom. The highest BCUT2D eigenvalue weighted by Gasteiger charge is 2.46. The van der Waals surface area contributed by atoms with Gasteiger partial charge in [0, 0.05) is 41.5 Å². The van der Waals surface area contributed by atoms with E-state index in [1.54, 1.807) is 0 Å². The van der Waals surface area contributed by atoms with E-state index < -0.39 is 0 Å². The predicted octanol–water partition coefficient (Wildman–Crippen LogP) is 2.32. The Labute approximate surface area is 114 Å². The molecule has 0 spiro atoms. The number of nitrogens with zero attached hydrogens (tertiary/aromatic N) is 2. The van der Waals surface area contributed by atoms with Gasteiger partial charge in [-0.15, -0.1) is 0 Å². The summed E-state index contributed by atoms with van der Waals surface area (Å²) in [6.45, 7) is 8.96. The van der Waals surface area contributed by atoms with Crippen molar-refractivity contribution in [1.82, 2.24) is 20.2 Å². The Balaban J connectivity index is 2.08. The first-order valence-corrected chi connectivity index (χ1v) is 6.77. The quantitative estimate of drug-likeness (QED) is 0.825. The fourth-order valence-corrected chi connectivity index (χ4v) is 2.75. The lowest BCUT2D eigenvalue weighted by Gasteiger charge is -2.33. The minimum atomic E-state index is 0.0437. The van der Waals surface area contributed by atoms with Crippen LogP contribution in [0, 0.1) is 0 Å². The minimum absolute atomic E-state index is 0.0437. The third-order valence-electron chi connectivity index (χ3n) is 4.65. The van der Waals surface area contributed by atoms with Crippen molar-refractivity contribution in [2.24, 2.45) is 7.05 Å². The molecule has 2 aromatic rings. The van der Waals surface area contributed by atoms with Crippen LogP contribution in [-0.4, -0.2) is 20.6 Å². The molecule has 0 saturated carbocycles. The van der Waals surface area contributed by atoms with Crippen molar-refractivity contribution in [2.75, 3.05) is 0 Å². The van der Waals surface area contributed by atoms with Crippen LogP contribution < -0.4 is 10.6 Å². The molecule has 0 amide bonds. The number of hydrogen-bond donors (Lipinski definition) is 2. The second-order valence-corrected chi connectivity index (χ2v) is 6.54. The van der Waals surface area contributed by atoms with Gasteiger partial charge < -0.3 is 4.57 Å². The van der Waals surface area contributed by atoms with Gasteiger partial charge in [0.2, 0.25) is 0 Å². The Hall–Kier alpha value is -1.39. The van der Waals surface area contributed by atoms with Crippen molar-refractivity contribution in [2.45, 2.75) is 44.9 Å². The summed E-state index contributed by atoms with van der Waals surface area (Å²) in [6.07, 6.45) is 4.17. The summed E-state index contributed by atoms with van der Waals surface area (Å²) >= 11 is 0. The van der Waals surface area contributed by atoms with Crippen LogP contribution in [0.2, 0.25) is 0 Å². The van der Waals surface area contributed by atoms with Crippen LogP contribution in [0.4, 0.5) is 0 Å². The van der Waals surface area contributed by atoms with Gasteiger partial charge in [-0.2, -0.15) is 0 Å². The van der Waals surface area contributed by atoms with Crippen LogP contribution in [0.5, 0.6) is 0 Å². The lowest BCUT2D eigenvalue weighted by molar-refractivity contribution is 0.295. The van der Waals surface area contributed by atoms with Gasteiger partial charge in [-0.1, -0.05) is 0 Å². The van der Waals surface area contributed by atoms with Gasteiger partial charge in [-0.3, -0.25) is 10.6 Å². The predicted molar refractivity (Wildman–Crippen MR) is 77.9 cm³/mol. The van der Waals surface area contributed by atoms with Crippen molar-refractivity contribution >= 4 is 11.0 Å². The lowest BCUT2D eigenvalue weighted by Crippen LogP contribution is -2.51. The van der Waals surface area contributed by atoms with E-state index in [0.717, 1.165) is 5.65 Å². The van der Waals surface area contributed by atoms with Crippen LogP contribution in [-0.2, 0) is 7.05 Å². The Kier molecular flexibility index (Phi) is 2.53. The molecule has 1 saturated heterocycles. The maximum absolute atomic E-state index is 4.45. The summed E-state index contributed by atoms with van der Waals surface area (Å²) < 4.78 is 2.09. The largest absolute Gasteiger partial charge is 0.335 e. The molecule has 102 valence electrons. The maximum atomic E-state index is 4.45. The minimum Gasteiger partial charge on any atom is -0.335 e. The number of aryl methyl sites for hydroxylation is 1. The third kappa shape index (κ3) is 1.78. The zero-order chi connectivity index (χ0) is 13.8. The second kappa shape index (κ2) is 3.81. The topological polar surface area (TPSA) is 41.9 Å². The highest BCUT2D eigenvalue weighted by atomic mass is 15.3. The van der Waals surface area contributed by atoms with E-state index in [9.17, 15) is 0 Å². The van der Waals surface area contributed by atoms with Crippen LogP contribution in [0.25, 0.3) is 11.0 Å². The number of rotatable bonds is 1. The van der Waals surface area contributed by atoms with Crippen molar-refractivity contribution < 1.29 is 0 Å². The van der Waals surface area contributed by atoms with Crippen molar-refractivity contribution in [3.63, 3.8) is 0 Å². The highest BCUT2D eigenvalue weighted by molar-refractivity contribution is 5.80. The summed E-state index contributed by atoms with van der Waals surface area (Å²) in [5.41, 5.74) is 2.39. The normalized spacial score (nSPS) is 22.2. The SMILES string of the molecule is Cn1cc(C2NC(C)(C)C(C)(C)N2)c2cccnc21. The van der Waals surface area contributed by atoms with E-state index in [1.165, 1.54) is 10.9 Å². The molecule has 4 nitrogen and oxygen atoms in total. The van der Waals surface area contributed by atoms with Crippen molar-refractivity contribution in [3.05, 3.63) is 30.1 Å². The van der Waals surface area contributed by atoms with Crippen LogP contribution in [0.3, 0.4) is 0 Å². The molecule has 3 heterocycles. The van der Waals surface area contributed by atoms with E-state index in [-0.39, 0.29) is 17.2 Å². The summed E-state index contributed by atoms with van der Waals surface area (Å²) in [5.74, 6) is 0. The molecule has 4 heteroatoms. The Bertz CT molecular complexity index is 608. The molecule has 0 aliphatic carbocycles. The monoisotopic (exact) mass is 258 g/mol. The number of aromatic nitrogens is 2. The van der Waals surface area contributed by atoms with Crippen LogP contribution in [0.1, 0.15) is 39.4 Å². The summed E-state index contributed by atoms with van der Waals surface area (Å²) in [5, 5.41) is 8.59. The third-order valence-corrected chi connectivity index (χ3v) is 4.65.